The van der Waals surface area contributed by atoms with Crippen molar-refractivity contribution in [3.8, 4) is 0 Å². The van der Waals surface area contributed by atoms with Crippen molar-refractivity contribution in [2.75, 3.05) is 11.9 Å². The number of aryl methyl sites for hydroxylation is 1. The summed E-state index contributed by atoms with van der Waals surface area (Å²) in [4.78, 5) is 28.6. The standard InChI is InChI=1S/C12H15N3O2S/c16-10(7-3-1-4-7)15-12-14-8-5-2-6-13-11(17)9(8)18-12/h7H,1-6H2,(H,13,17)(H,14,15,16). The number of anilines is 1. The molecular formula is C12H15N3O2S. The third-order valence-corrected chi connectivity index (χ3v) is 4.50. The lowest BCUT2D eigenvalue weighted by atomic mass is 9.85. The molecule has 0 atom stereocenters. The number of hydrogen-bond donors (Lipinski definition) is 2. The molecule has 0 unspecified atom stereocenters. The largest absolute Gasteiger partial charge is 0.351 e. The fourth-order valence-electron chi connectivity index (χ4n) is 2.17. The van der Waals surface area contributed by atoms with E-state index in [0.717, 1.165) is 37.8 Å². The van der Waals surface area contributed by atoms with Gasteiger partial charge in [-0.25, -0.2) is 4.98 Å². The van der Waals surface area contributed by atoms with Crippen LogP contribution in [0, 0.1) is 5.92 Å². The molecule has 1 aromatic rings. The molecule has 6 heteroatoms. The van der Waals surface area contributed by atoms with Crippen molar-refractivity contribution in [2.24, 2.45) is 5.92 Å². The Hall–Kier alpha value is -1.43. The van der Waals surface area contributed by atoms with Crippen LogP contribution in [-0.2, 0) is 11.2 Å². The molecule has 2 aliphatic rings. The number of nitrogens with one attached hydrogen (secondary N) is 2. The summed E-state index contributed by atoms with van der Waals surface area (Å²) in [7, 11) is 0. The molecule has 0 bridgehead atoms. The molecule has 2 amide bonds. The van der Waals surface area contributed by atoms with Gasteiger partial charge in [0.2, 0.25) is 5.91 Å². The van der Waals surface area contributed by atoms with Crippen molar-refractivity contribution in [1.29, 1.82) is 0 Å². The lowest BCUT2D eigenvalue weighted by molar-refractivity contribution is -0.122. The predicted octanol–water partition coefficient (Wildman–Crippen LogP) is 1.56. The first-order valence-corrected chi connectivity index (χ1v) is 7.14. The second kappa shape index (κ2) is 4.68. The maximum atomic E-state index is 11.8. The minimum absolute atomic E-state index is 0.0468. The summed E-state index contributed by atoms with van der Waals surface area (Å²) in [6.45, 7) is 0.700. The van der Waals surface area contributed by atoms with Gasteiger partial charge in [-0.15, -0.1) is 0 Å². The van der Waals surface area contributed by atoms with Crippen LogP contribution in [-0.4, -0.2) is 23.3 Å². The van der Waals surface area contributed by atoms with Gasteiger partial charge >= 0.3 is 0 Å². The number of thiazole rings is 1. The smallest absolute Gasteiger partial charge is 0.263 e. The Bertz CT molecular complexity index is 494. The van der Waals surface area contributed by atoms with E-state index in [9.17, 15) is 9.59 Å². The van der Waals surface area contributed by atoms with Gasteiger partial charge in [-0.2, -0.15) is 0 Å². The van der Waals surface area contributed by atoms with E-state index in [0.29, 0.717) is 16.6 Å². The van der Waals surface area contributed by atoms with Crippen LogP contribution >= 0.6 is 11.3 Å². The Morgan fingerprint density at radius 1 is 1.39 bits per heavy atom. The van der Waals surface area contributed by atoms with E-state index >= 15 is 0 Å². The molecule has 1 saturated carbocycles. The fourth-order valence-corrected chi connectivity index (χ4v) is 3.10. The van der Waals surface area contributed by atoms with Gasteiger partial charge in [0, 0.05) is 12.5 Å². The van der Waals surface area contributed by atoms with Gasteiger partial charge < -0.3 is 10.6 Å². The molecule has 96 valence electrons. The summed E-state index contributed by atoms with van der Waals surface area (Å²) < 4.78 is 0. The quantitative estimate of drug-likeness (QED) is 0.852. The first-order chi connectivity index (χ1) is 8.74. The van der Waals surface area contributed by atoms with Crippen molar-refractivity contribution < 1.29 is 9.59 Å². The van der Waals surface area contributed by atoms with Gasteiger partial charge in [-0.1, -0.05) is 17.8 Å². The van der Waals surface area contributed by atoms with Crippen LogP contribution in [0.25, 0.3) is 0 Å². The lowest BCUT2D eigenvalue weighted by Gasteiger charge is -2.23. The number of aromatic nitrogens is 1. The normalized spacial score (nSPS) is 19.4. The first kappa shape index (κ1) is 11.6. The van der Waals surface area contributed by atoms with Crippen LogP contribution in [0.1, 0.15) is 41.0 Å². The summed E-state index contributed by atoms with van der Waals surface area (Å²) in [5.41, 5.74) is 0.818. The highest BCUT2D eigenvalue weighted by Crippen LogP contribution is 2.30. The van der Waals surface area contributed by atoms with Crippen molar-refractivity contribution >= 4 is 28.3 Å². The van der Waals surface area contributed by atoms with Gasteiger partial charge in [0.05, 0.1) is 5.69 Å². The molecule has 2 heterocycles. The molecule has 1 fully saturated rings. The first-order valence-electron chi connectivity index (χ1n) is 6.33. The van der Waals surface area contributed by atoms with Gasteiger partial charge in [0.25, 0.3) is 5.91 Å². The van der Waals surface area contributed by atoms with Gasteiger partial charge in [-0.3, -0.25) is 9.59 Å². The van der Waals surface area contributed by atoms with Crippen molar-refractivity contribution in [2.45, 2.75) is 32.1 Å². The third-order valence-electron chi connectivity index (χ3n) is 3.49. The highest BCUT2D eigenvalue weighted by Gasteiger charge is 2.27. The molecule has 0 spiro atoms. The molecule has 1 aliphatic heterocycles. The SMILES string of the molecule is O=C1NCCCc2nc(NC(=O)C3CCC3)sc21. The van der Waals surface area contributed by atoms with E-state index in [-0.39, 0.29) is 17.7 Å². The lowest BCUT2D eigenvalue weighted by Crippen LogP contribution is -2.28. The number of carbonyl (C=O) groups is 2. The van der Waals surface area contributed by atoms with E-state index in [1.807, 2.05) is 0 Å². The maximum Gasteiger partial charge on any atom is 0.263 e. The summed E-state index contributed by atoms with van der Waals surface area (Å²) in [5.74, 6) is 0.122. The minimum Gasteiger partial charge on any atom is -0.351 e. The zero-order valence-corrected chi connectivity index (χ0v) is 10.8. The summed E-state index contributed by atoms with van der Waals surface area (Å²) in [6.07, 6.45) is 4.77. The summed E-state index contributed by atoms with van der Waals surface area (Å²) in [5, 5.41) is 6.23. The molecule has 0 radical (unpaired) electrons. The van der Waals surface area contributed by atoms with Crippen LogP contribution in [0.2, 0.25) is 0 Å². The van der Waals surface area contributed by atoms with E-state index in [1.165, 1.54) is 11.3 Å². The van der Waals surface area contributed by atoms with Crippen molar-refractivity contribution in [3.63, 3.8) is 0 Å². The second-order valence-electron chi connectivity index (χ2n) is 4.77. The molecule has 5 nitrogen and oxygen atoms in total. The van der Waals surface area contributed by atoms with Crippen LogP contribution in [0.3, 0.4) is 0 Å². The number of nitrogens with zero attached hydrogens (tertiary/aromatic N) is 1. The van der Waals surface area contributed by atoms with Crippen LogP contribution in [0.5, 0.6) is 0 Å². The second-order valence-corrected chi connectivity index (χ2v) is 5.77. The number of hydrogen-bond acceptors (Lipinski definition) is 4. The topological polar surface area (TPSA) is 71.1 Å². The molecule has 1 aromatic heterocycles. The number of fused-ring (bicyclic) bond motifs is 1. The Morgan fingerprint density at radius 3 is 2.94 bits per heavy atom. The predicted molar refractivity (Wildman–Crippen MR) is 68.7 cm³/mol. The summed E-state index contributed by atoms with van der Waals surface area (Å²) >= 11 is 1.28. The molecule has 3 rings (SSSR count). The average Bonchev–Trinajstić information content (AvgIpc) is 2.57. The van der Waals surface area contributed by atoms with Crippen LogP contribution in [0.15, 0.2) is 0 Å². The number of rotatable bonds is 2. The Balaban J connectivity index is 1.75. The van der Waals surface area contributed by atoms with Gasteiger partial charge in [-0.05, 0) is 25.7 Å². The highest BCUT2D eigenvalue weighted by atomic mass is 32.1. The number of amides is 2. The zero-order valence-electron chi connectivity index (χ0n) is 9.99. The number of carbonyl (C=O) groups excluding carboxylic acids is 2. The summed E-state index contributed by atoms with van der Waals surface area (Å²) in [6, 6.07) is 0. The van der Waals surface area contributed by atoms with Crippen molar-refractivity contribution in [1.82, 2.24) is 10.3 Å². The highest BCUT2D eigenvalue weighted by molar-refractivity contribution is 7.17. The molecule has 2 N–H and O–H groups in total. The van der Waals surface area contributed by atoms with Gasteiger partial charge in [0.15, 0.2) is 5.13 Å². The molecule has 0 aromatic carbocycles. The monoisotopic (exact) mass is 265 g/mol. The fraction of sp³-hybridized carbons (Fsp3) is 0.583. The Labute approximate surface area is 109 Å². The van der Waals surface area contributed by atoms with Gasteiger partial charge in [0.1, 0.15) is 4.88 Å². The van der Waals surface area contributed by atoms with Crippen LogP contribution in [0.4, 0.5) is 5.13 Å². The molecule has 0 saturated heterocycles. The third kappa shape index (κ3) is 2.12. The molecular weight excluding hydrogens is 250 g/mol. The average molecular weight is 265 g/mol. The Kier molecular flexibility index (Phi) is 3.03. The van der Waals surface area contributed by atoms with E-state index in [1.54, 1.807) is 0 Å². The van der Waals surface area contributed by atoms with E-state index in [2.05, 4.69) is 15.6 Å². The van der Waals surface area contributed by atoms with Crippen molar-refractivity contribution in [3.05, 3.63) is 10.6 Å². The minimum atomic E-state index is -0.0656. The Morgan fingerprint density at radius 2 is 2.22 bits per heavy atom. The zero-order chi connectivity index (χ0) is 12.5. The molecule has 18 heavy (non-hydrogen) atoms. The van der Waals surface area contributed by atoms with Crippen LogP contribution < -0.4 is 10.6 Å². The van der Waals surface area contributed by atoms with E-state index < -0.39 is 0 Å². The molecule has 1 aliphatic carbocycles. The van der Waals surface area contributed by atoms with E-state index in [4.69, 9.17) is 0 Å². The maximum absolute atomic E-state index is 11.8.